The molecule has 0 rings (SSSR count). The van der Waals surface area contributed by atoms with Gasteiger partial charge in [-0.05, 0) is 11.9 Å². The minimum Gasteiger partial charge on any atom is -0.258 e. The van der Waals surface area contributed by atoms with Gasteiger partial charge in [-0.3, -0.25) is 5.41 Å². The Labute approximate surface area is 63.4 Å². The molecule has 0 fully saturated rings. The topological polar surface area (TPSA) is 95.2 Å². The van der Waals surface area contributed by atoms with Crippen molar-refractivity contribution in [3.8, 4) is 18.2 Å². The van der Waals surface area contributed by atoms with E-state index in [1.807, 2.05) is 0 Å². The highest BCUT2D eigenvalue weighted by molar-refractivity contribution is 5.67. The van der Waals surface area contributed by atoms with E-state index in [-0.39, 0.29) is 11.1 Å². The molecule has 4 nitrogen and oxygen atoms in total. The van der Waals surface area contributed by atoms with Gasteiger partial charge in [0.1, 0.15) is 29.4 Å². The number of hydrogen-bond donors (Lipinski definition) is 1. The highest BCUT2D eigenvalue weighted by Gasteiger charge is 1.93. The maximum absolute atomic E-state index is 8.23. The maximum atomic E-state index is 8.23. The molecule has 0 radical (unpaired) electrons. The molecule has 0 aromatic rings. The first-order valence-electron chi connectivity index (χ1n) is 2.50. The van der Waals surface area contributed by atoms with Crippen LogP contribution in [-0.4, -0.2) is 5.87 Å². The molecule has 50 valence electrons. The summed E-state index contributed by atoms with van der Waals surface area (Å²) in [7, 11) is 0. The Balaban J connectivity index is 4.90. The summed E-state index contributed by atoms with van der Waals surface area (Å²) in [5, 5.41) is 31.2. The van der Waals surface area contributed by atoms with E-state index >= 15 is 0 Å². The van der Waals surface area contributed by atoms with Gasteiger partial charge < -0.3 is 0 Å². The van der Waals surface area contributed by atoms with Crippen LogP contribution in [0.15, 0.2) is 17.2 Å². The van der Waals surface area contributed by atoms with Gasteiger partial charge in [0.15, 0.2) is 0 Å². The zero-order chi connectivity index (χ0) is 8.69. The Bertz CT molecular complexity index is 333. The third-order valence-electron chi connectivity index (χ3n) is 0.785. The van der Waals surface area contributed by atoms with Crippen molar-refractivity contribution >= 4 is 5.87 Å². The van der Waals surface area contributed by atoms with Gasteiger partial charge >= 0.3 is 0 Å². The molecule has 0 saturated carbocycles. The van der Waals surface area contributed by atoms with Gasteiger partial charge in [0.25, 0.3) is 0 Å². The van der Waals surface area contributed by atoms with E-state index in [0.29, 0.717) is 0 Å². The molecule has 0 aromatic carbocycles. The first kappa shape index (κ1) is 8.66. The zero-order valence-electron chi connectivity index (χ0n) is 5.42. The Morgan fingerprint density at radius 1 is 1.09 bits per heavy atom. The molecule has 4 heteroatoms. The second-order valence-corrected chi connectivity index (χ2v) is 1.43. The first-order chi connectivity index (χ1) is 5.28. The lowest BCUT2D eigenvalue weighted by Crippen LogP contribution is -1.76. The molecular formula is C7H2N4. The molecule has 0 heterocycles. The molecule has 0 atom stereocenters. The Morgan fingerprint density at radius 3 is 1.91 bits per heavy atom. The van der Waals surface area contributed by atoms with Crippen molar-refractivity contribution in [2.45, 2.75) is 0 Å². The number of allylic oxidation sites excluding steroid dienone is 3. The molecule has 0 aliphatic carbocycles. The third-order valence-corrected chi connectivity index (χ3v) is 0.785. The second-order valence-electron chi connectivity index (χ2n) is 1.43. The SMILES string of the molecule is N#CC(=C=N)C=C(C#N)C#N. The smallest absolute Gasteiger partial charge is 0.131 e. The van der Waals surface area contributed by atoms with Crippen molar-refractivity contribution in [1.82, 2.24) is 0 Å². The number of hydrogen-bond acceptors (Lipinski definition) is 4. The lowest BCUT2D eigenvalue weighted by molar-refractivity contribution is 1.45. The molecule has 0 aliphatic rings. The van der Waals surface area contributed by atoms with E-state index in [9.17, 15) is 0 Å². The summed E-state index contributed by atoms with van der Waals surface area (Å²) in [6, 6.07) is 4.70. The fraction of sp³-hybridized carbons (Fsp3) is 0. The highest BCUT2D eigenvalue weighted by atomic mass is 14.3. The van der Waals surface area contributed by atoms with Crippen LogP contribution in [0.25, 0.3) is 0 Å². The standard InChI is InChI=1S/C7H2N4/c8-2-6(3-9)1-7(4-10)5-11/h1,8H. The number of nitriles is 3. The average Bonchev–Trinajstić information content (AvgIpc) is 2.07. The van der Waals surface area contributed by atoms with Crippen molar-refractivity contribution in [3.05, 3.63) is 17.2 Å². The van der Waals surface area contributed by atoms with Crippen LogP contribution in [0, 0.1) is 39.4 Å². The molecule has 0 aromatic heterocycles. The van der Waals surface area contributed by atoms with Crippen molar-refractivity contribution in [3.63, 3.8) is 0 Å². The molecule has 0 amide bonds. The summed E-state index contributed by atoms with van der Waals surface area (Å²) in [5.74, 6) is 1.78. The molecule has 1 N–H and O–H groups in total. The predicted molar refractivity (Wildman–Crippen MR) is 36.2 cm³/mol. The summed E-state index contributed by atoms with van der Waals surface area (Å²) >= 11 is 0. The zero-order valence-corrected chi connectivity index (χ0v) is 5.42. The van der Waals surface area contributed by atoms with Crippen LogP contribution in [0.1, 0.15) is 0 Å². The lowest BCUT2D eigenvalue weighted by Gasteiger charge is -1.77. The summed E-state index contributed by atoms with van der Waals surface area (Å²) in [4.78, 5) is 0. The predicted octanol–water partition coefficient (Wildman–Crippen LogP) is 0.658. The molecule has 0 saturated heterocycles. The number of nitrogens with one attached hydrogen (secondary N) is 1. The highest BCUT2D eigenvalue weighted by Crippen LogP contribution is 1.95. The Kier molecular flexibility index (Phi) is 3.57. The van der Waals surface area contributed by atoms with Crippen LogP contribution in [0.5, 0.6) is 0 Å². The molecule has 11 heavy (non-hydrogen) atoms. The molecule has 0 unspecified atom stereocenters. The van der Waals surface area contributed by atoms with E-state index in [4.69, 9.17) is 21.2 Å². The lowest BCUT2D eigenvalue weighted by atomic mass is 10.2. The van der Waals surface area contributed by atoms with Crippen molar-refractivity contribution in [2.24, 2.45) is 0 Å². The minimum atomic E-state index is -0.207. The number of rotatable bonds is 1. The quantitative estimate of drug-likeness (QED) is 0.331. The first-order valence-corrected chi connectivity index (χ1v) is 2.50. The van der Waals surface area contributed by atoms with Gasteiger partial charge in [-0.1, -0.05) is 0 Å². The molecule has 0 bridgehead atoms. The van der Waals surface area contributed by atoms with Gasteiger partial charge in [0.2, 0.25) is 0 Å². The van der Waals surface area contributed by atoms with Crippen molar-refractivity contribution in [2.75, 3.05) is 0 Å². The van der Waals surface area contributed by atoms with E-state index in [1.165, 1.54) is 0 Å². The van der Waals surface area contributed by atoms with Gasteiger partial charge in [-0.15, -0.1) is 0 Å². The van der Waals surface area contributed by atoms with Gasteiger partial charge in [0.05, 0.1) is 0 Å². The Hall–Kier alpha value is -2.34. The minimum absolute atomic E-state index is 0.136. The maximum Gasteiger partial charge on any atom is 0.131 e. The van der Waals surface area contributed by atoms with E-state index in [0.717, 1.165) is 6.08 Å². The van der Waals surface area contributed by atoms with E-state index in [2.05, 4.69) is 0 Å². The van der Waals surface area contributed by atoms with Gasteiger partial charge in [0, 0.05) is 0 Å². The summed E-state index contributed by atoms with van der Waals surface area (Å²) in [6.07, 6.45) is 1.01. The van der Waals surface area contributed by atoms with E-state index < -0.39 is 0 Å². The van der Waals surface area contributed by atoms with Crippen LogP contribution in [0.3, 0.4) is 0 Å². The van der Waals surface area contributed by atoms with Crippen LogP contribution < -0.4 is 0 Å². The van der Waals surface area contributed by atoms with Crippen LogP contribution in [0.2, 0.25) is 0 Å². The summed E-state index contributed by atoms with van der Waals surface area (Å²) in [6.45, 7) is 0. The van der Waals surface area contributed by atoms with Crippen LogP contribution in [0.4, 0.5) is 0 Å². The van der Waals surface area contributed by atoms with Gasteiger partial charge in [-0.2, -0.15) is 15.8 Å². The monoisotopic (exact) mass is 142 g/mol. The molecule has 0 spiro atoms. The van der Waals surface area contributed by atoms with Crippen molar-refractivity contribution < 1.29 is 0 Å². The third kappa shape index (κ3) is 2.63. The largest absolute Gasteiger partial charge is 0.258 e. The molecule has 0 aliphatic heterocycles. The van der Waals surface area contributed by atoms with Crippen LogP contribution >= 0.6 is 0 Å². The van der Waals surface area contributed by atoms with E-state index in [1.54, 1.807) is 24.1 Å². The average molecular weight is 142 g/mol. The van der Waals surface area contributed by atoms with Crippen LogP contribution in [-0.2, 0) is 0 Å². The number of nitrogens with zero attached hydrogens (tertiary/aromatic N) is 3. The molecular weight excluding hydrogens is 140 g/mol. The normalized spacial score (nSPS) is 5.91. The fourth-order valence-corrected chi connectivity index (χ4v) is 0.330. The fourth-order valence-electron chi connectivity index (χ4n) is 0.330. The van der Waals surface area contributed by atoms with Crippen molar-refractivity contribution in [1.29, 1.82) is 21.2 Å². The summed E-state index contributed by atoms with van der Waals surface area (Å²) < 4.78 is 0. The van der Waals surface area contributed by atoms with Gasteiger partial charge in [-0.25, -0.2) is 0 Å². The second kappa shape index (κ2) is 4.53. The summed E-state index contributed by atoms with van der Waals surface area (Å²) in [5.41, 5.74) is -0.343. The Morgan fingerprint density at radius 2 is 1.64 bits per heavy atom.